The monoisotopic (exact) mass is 352 g/mol. The minimum atomic E-state index is -0.612. The average molecular weight is 352 g/mol. The number of nitrogens with zero attached hydrogens (tertiary/aromatic N) is 2. The van der Waals surface area contributed by atoms with Crippen LogP contribution in [0.25, 0.3) is 0 Å². The van der Waals surface area contributed by atoms with Gasteiger partial charge in [-0.05, 0) is 19.1 Å². The Morgan fingerprint density at radius 2 is 2.00 bits per heavy atom. The molecule has 2 aliphatic rings. The van der Waals surface area contributed by atoms with Gasteiger partial charge in [-0.1, -0.05) is 0 Å². The first-order chi connectivity index (χ1) is 12.2. The summed E-state index contributed by atoms with van der Waals surface area (Å²) < 4.78 is 21.2. The van der Waals surface area contributed by atoms with Gasteiger partial charge in [0.15, 0.2) is 11.5 Å². The number of piperazine rings is 1. The molecule has 138 valence electrons. The highest BCUT2D eigenvalue weighted by molar-refractivity contribution is 5.67. The third-order valence-corrected chi connectivity index (χ3v) is 4.15. The van der Waals surface area contributed by atoms with Gasteiger partial charge < -0.3 is 29.0 Å². The van der Waals surface area contributed by atoms with E-state index in [9.17, 15) is 9.90 Å². The number of carbonyl (C=O) groups is 1. The molecule has 1 N–H and O–H groups in total. The lowest BCUT2D eigenvalue weighted by Crippen LogP contribution is -2.51. The van der Waals surface area contributed by atoms with E-state index >= 15 is 0 Å². The largest absolute Gasteiger partial charge is 0.491 e. The van der Waals surface area contributed by atoms with Crippen molar-refractivity contribution in [1.29, 1.82) is 0 Å². The first kappa shape index (κ1) is 17.6. The number of ether oxygens (including phenoxy) is 4. The van der Waals surface area contributed by atoms with E-state index in [2.05, 4.69) is 4.90 Å². The number of hydrogen-bond donors (Lipinski definition) is 1. The molecule has 2 aliphatic heterocycles. The van der Waals surface area contributed by atoms with Crippen LogP contribution in [0.2, 0.25) is 0 Å². The molecule has 1 fully saturated rings. The zero-order valence-electron chi connectivity index (χ0n) is 14.3. The summed E-state index contributed by atoms with van der Waals surface area (Å²) in [4.78, 5) is 15.5. The summed E-state index contributed by atoms with van der Waals surface area (Å²) in [5, 5.41) is 10.2. The van der Waals surface area contributed by atoms with Crippen molar-refractivity contribution in [2.75, 3.05) is 52.7 Å². The number of hydrogen-bond acceptors (Lipinski definition) is 7. The normalized spacial score (nSPS) is 18.1. The maximum Gasteiger partial charge on any atom is 0.409 e. The fourth-order valence-corrected chi connectivity index (χ4v) is 2.84. The van der Waals surface area contributed by atoms with Crippen molar-refractivity contribution in [2.45, 2.75) is 13.0 Å². The molecule has 0 unspecified atom stereocenters. The summed E-state index contributed by atoms with van der Waals surface area (Å²) in [6, 6.07) is 5.34. The molecule has 0 aliphatic carbocycles. The van der Waals surface area contributed by atoms with Crippen molar-refractivity contribution in [3.63, 3.8) is 0 Å². The van der Waals surface area contributed by atoms with Crippen LogP contribution in [0.4, 0.5) is 4.79 Å². The van der Waals surface area contributed by atoms with Crippen molar-refractivity contribution >= 4 is 6.09 Å². The molecule has 1 amide bonds. The van der Waals surface area contributed by atoms with Gasteiger partial charge >= 0.3 is 6.09 Å². The maximum atomic E-state index is 11.7. The Hall–Kier alpha value is -2.19. The maximum absolute atomic E-state index is 11.7. The number of fused-ring (bicyclic) bond motifs is 1. The Morgan fingerprint density at radius 1 is 1.24 bits per heavy atom. The molecule has 0 saturated carbocycles. The Kier molecular flexibility index (Phi) is 5.83. The molecule has 8 heteroatoms. The quantitative estimate of drug-likeness (QED) is 0.816. The van der Waals surface area contributed by atoms with E-state index in [1.807, 2.05) is 0 Å². The number of benzene rings is 1. The lowest BCUT2D eigenvalue weighted by atomic mass is 10.2. The molecule has 8 nitrogen and oxygen atoms in total. The molecule has 25 heavy (non-hydrogen) atoms. The summed E-state index contributed by atoms with van der Waals surface area (Å²) in [6.45, 7) is 5.72. The van der Waals surface area contributed by atoms with Crippen molar-refractivity contribution in [3.05, 3.63) is 18.2 Å². The molecule has 3 rings (SSSR count). The third kappa shape index (κ3) is 4.67. The van der Waals surface area contributed by atoms with E-state index in [1.54, 1.807) is 30.0 Å². The Bertz CT molecular complexity index is 589. The molecule has 1 saturated heterocycles. The molecule has 0 radical (unpaired) electrons. The lowest BCUT2D eigenvalue weighted by molar-refractivity contribution is 0.0407. The number of aliphatic hydroxyl groups excluding tert-OH is 1. The summed E-state index contributed by atoms with van der Waals surface area (Å²) in [5.74, 6) is 1.99. The second-order valence-electron chi connectivity index (χ2n) is 5.97. The minimum absolute atomic E-state index is 0.192. The SMILES string of the molecule is CCOC(=O)N1CCN(C[C@H](O)COc2ccc3c(c2)OCO3)CC1. The molecule has 0 spiro atoms. The topological polar surface area (TPSA) is 80.7 Å². The number of β-amino-alcohol motifs (C(OH)–C–C–N with tert-alkyl or cyclic N) is 1. The van der Waals surface area contributed by atoms with Gasteiger partial charge in [-0.15, -0.1) is 0 Å². The summed E-state index contributed by atoms with van der Waals surface area (Å²) in [7, 11) is 0. The van der Waals surface area contributed by atoms with Crippen LogP contribution >= 0.6 is 0 Å². The van der Waals surface area contributed by atoms with Crippen LogP contribution in [0.1, 0.15) is 6.92 Å². The smallest absolute Gasteiger partial charge is 0.409 e. The number of aliphatic hydroxyl groups is 1. The number of rotatable bonds is 6. The zero-order chi connectivity index (χ0) is 17.6. The fourth-order valence-electron chi connectivity index (χ4n) is 2.84. The van der Waals surface area contributed by atoms with Gasteiger partial charge in [-0.3, -0.25) is 4.90 Å². The van der Waals surface area contributed by atoms with E-state index in [0.29, 0.717) is 56.6 Å². The first-order valence-electron chi connectivity index (χ1n) is 8.50. The minimum Gasteiger partial charge on any atom is -0.491 e. The predicted octanol–water partition coefficient (Wildman–Crippen LogP) is 0.929. The lowest BCUT2D eigenvalue weighted by Gasteiger charge is -2.34. The number of amides is 1. The van der Waals surface area contributed by atoms with Crippen LogP contribution < -0.4 is 14.2 Å². The highest BCUT2D eigenvalue weighted by atomic mass is 16.7. The zero-order valence-corrected chi connectivity index (χ0v) is 14.3. The van der Waals surface area contributed by atoms with E-state index in [-0.39, 0.29) is 19.5 Å². The highest BCUT2D eigenvalue weighted by Crippen LogP contribution is 2.35. The van der Waals surface area contributed by atoms with Gasteiger partial charge in [-0.25, -0.2) is 4.79 Å². The Balaban J connectivity index is 1.38. The molecule has 0 bridgehead atoms. The van der Waals surface area contributed by atoms with E-state index < -0.39 is 6.10 Å². The van der Waals surface area contributed by atoms with Crippen molar-refractivity contribution < 1.29 is 28.8 Å². The van der Waals surface area contributed by atoms with Crippen LogP contribution in [-0.4, -0.2) is 79.8 Å². The van der Waals surface area contributed by atoms with Crippen molar-refractivity contribution in [2.24, 2.45) is 0 Å². The Morgan fingerprint density at radius 3 is 2.76 bits per heavy atom. The molecular weight excluding hydrogens is 328 g/mol. The second kappa shape index (κ2) is 8.26. The van der Waals surface area contributed by atoms with Crippen molar-refractivity contribution in [3.8, 4) is 17.2 Å². The molecular formula is C17H24N2O6. The van der Waals surface area contributed by atoms with Gasteiger partial charge in [0.1, 0.15) is 18.5 Å². The summed E-state index contributed by atoms with van der Waals surface area (Å²) >= 11 is 0. The van der Waals surface area contributed by atoms with E-state index in [1.165, 1.54) is 0 Å². The van der Waals surface area contributed by atoms with E-state index in [0.717, 1.165) is 0 Å². The van der Waals surface area contributed by atoms with Crippen molar-refractivity contribution in [1.82, 2.24) is 9.80 Å². The number of carbonyl (C=O) groups excluding carboxylic acids is 1. The summed E-state index contributed by atoms with van der Waals surface area (Å²) in [5.41, 5.74) is 0. The van der Waals surface area contributed by atoms with Crippen LogP contribution in [0, 0.1) is 0 Å². The van der Waals surface area contributed by atoms with E-state index in [4.69, 9.17) is 18.9 Å². The second-order valence-corrected chi connectivity index (χ2v) is 5.97. The highest BCUT2D eigenvalue weighted by Gasteiger charge is 2.23. The fraction of sp³-hybridized carbons (Fsp3) is 0.588. The van der Waals surface area contributed by atoms with Crippen LogP contribution in [0.15, 0.2) is 18.2 Å². The molecule has 2 heterocycles. The van der Waals surface area contributed by atoms with Gasteiger partial charge in [0, 0.05) is 38.8 Å². The summed E-state index contributed by atoms with van der Waals surface area (Å²) in [6.07, 6.45) is -0.881. The van der Waals surface area contributed by atoms with Crippen LogP contribution in [-0.2, 0) is 4.74 Å². The molecule has 1 aromatic rings. The Labute approximate surface area is 146 Å². The van der Waals surface area contributed by atoms with Gasteiger partial charge in [0.2, 0.25) is 6.79 Å². The first-order valence-corrected chi connectivity index (χ1v) is 8.50. The van der Waals surface area contributed by atoms with Gasteiger partial charge in [0.05, 0.1) is 6.61 Å². The molecule has 1 aromatic carbocycles. The average Bonchev–Trinajstić information content (AvgIpc) is 3.08. The third-order valence-electron chi connectivity index (χ3n) is 4.15. The van der Waals surface area contributed by atoms with Gasteiger partial charge in [-0.2, -0.15) is 0 Å². The molecule has 0 aromatic heterocycles. The standard InChI is InChI=1S/C17H24N2O6/c1-2-22-17(21)19-7-5-18(6-8-19)10-13(20)11-23-14-3-4-15-16(9-14)25-12-24-15/h3-4,9,13,20H,2,5-8,10-12H2,1H3/t13-/m0/s1. The molecule has 1 atom stereocenters. The van der Waals surface area contributed by atoms with Crippen LogP contribution in [0.3, 0.4) is 0 Å². The van der Waals surface area contributed by atoms with Gasteiger partial charge in [0.25, 0.3) is 0 Å². The van der Waals surface area contributed by atoms with Crippen LogP contribution in [0.5, 0.6) is 17.2 Å². The predicted molar refractivity (Wildman–Crippen MR) is 89.1 cm³/mol.